The molecular weight excluding hydrogens is 831 g/mol. The van der Waals surface area contributed by atoms with Crippen LogP contribution in [0.3, 0.4) is 0 Å². The molecule has 1 nitrogen and oxygen atoms in total. The van der Waals surface area contributed by atoms with Gasteiger partial charge in [-0.15, -0.1) is 0 Å². The van der Waals surface area contributed by atoms with Gasteiger partial charge in [0.1, 0.15) is 0 Å². The van der Waals surface area contributed by atoms with Crippen LogP contribution < -0.4 is 4.90 Å². The van der Waals surface area contributed by atoms with Crippen LogP contribution in [-0.2, 0) is 5.41 Å². The third-order valence-electron chi connectivity index (χ3n) is 17.3. The Labute approximate surface area is 404 Å². The monoisotopic (exact) mass is 883 g/mol. The minimum atomic E-state index is -0.0478. The van der Waals surface area contributed by atoms with Gasteiger partial charge in [-0.2, -0.15) is 0 Å². The van der Waals surface area contributed by atoms with Crippen molar-refractivity contribution in [3.8, 4) is 44.5 Å². The topological polar surface area (TPSA) is 3.24 Å². The molecule has 1 fully saturated rings. The van der Waals surface area contributed by atoms with Gasteiger partial charge in [0.05, 0.1) is 5.54 Å². The van der Waals surface area contributed by atoms with Crippen LogP contribution in [0.25, 0.3) is 109 Å². The fourth-order valence-corrected chi connectivity index (χ4v) is 13.7. The van der Waals surface area contributed by atoms with Crippen molar-refractivity contribution in [2.45, 2.75) is 57.4 Å². The summed E-state index contributed by atoms with van der Waals surface area (Å²) >= 11 is 0. The molecule has 2 aliphatic rings. The molecule has 0 radical (unpaired) electrons. The average Bonchev–Trinajstić information content (AvgIpc) is 3.61. The molecule has 0 amide bonds. The summed E-state index contributed by atoms with van der Waals surface area (Å²) in [7, 11) is 0. The van der Waals surface area contributed by atoms with Crippen LogP contribution in [0.4, 0.5) is 11.4 Å². The maximum Gasteiger partial charge on any atom is 0.0518 e. The second-order valence-corrected chi connectivity index (χ2v) is 20.6. The first-order valence-electron chi connectivity index (χ1n) is 25.1. The number of hydrogen-bond acceptors (Lipinski definition) is 1. The van der Waals surface area contributed by atoms with Gasteiger partial charge in [0.25, 0.3) is 0 Å². The van der Waals surface area contributed by atoms with Crippen molar-refractivity contribution in [1.29, 1.82) is 0 Å². The number of para-hydroxylation sites is 1. The van der Waals surface area contributed by atoms with Gasteiger partial charge in [0, 0.05) is 16.8 Å². The summed E-state index contributed by atoms with van der Waals surface area (Å²) in [5.74, 6) is 0.703. The molecule has 1 heterocycles. The standard InChI is InChI=1S/C68H53N/c1-4-43-37-38-68(3)67(2,42-43)63-39-47(31-36-64(63)69(68)48-23-6-5-7-24-48)59-40-60(52-28-14-20-44-17-8-11-25-49(44)52)56-34-35-58-62(54-30-16-22-46-19-10-13-27-51(46)54)41-61(57-33-32-55(59)65(56)66(57)58)53-29-15-21-45-18-9-12-26-50(45)53/h5-36,39-41,43H,4,37-38,42H2,1-3H3. The lowest BCUT2D eigenvalue weighted by Crippen LogP contribution is -2.56. The molecule has 1 heteroatoms. The Morgan fingerprint density at radius 2 is 0.870 bits per heavy atom. The average molecular weight is 884 g/mol. The second-order valence-electron chi connectivity index (χ2n) is 20.6. The lowest BCUT2D eigenvalue weighted by molar-refractivity contribution is 0.143. The molecule has 0 N–H and O–H groups in total. The second kappa shape index (κ2) is 15.1. The molecule has 12 aromatic rings. The molecule has 1 saturated carbocycles. The Morgan fingerprint density at radius 1 is 0.420 bits per heavy atom. The molecule has 0 aromatic heterocycles. The van der Waals surface area contributed by atoms with Gasteiger partial charge in [-0.1, -0.05) is 196 Å². The van der Waals surface area contributed by atoms with E-state index in [2.05, 4.69) is 238 Å². The van der Waals surface area contributed by atoms with E-state index in [1.807, 2.05) is 0 Å². The molecule has 14 rings (SSSR count). The predicted octanol–water partition coefficient (Wildman–Crippen LogP) is 19.1. The molecule has 0 bridgehead atoms. The van der Waals surface area contributed by atoms with Crippen LogP contribution in [0.15, 0.2) is 212 Å². The van der Waals surface area contributed by atoms with Gasteiger partial charge < -0.3 is 4.90 Å². The van der Waals surface area contributed by atoms with Gasteiger partial charge in [-0.25, -0.2) is 0 Å². The summed E-state index contributed by atoms with van der Waals surface area (Å²) in [5.41, 5.74) is 14.2. The summed E-state index contributed by atoms with van der Waals surface area (Å²) in [6.45, 7) is 7.55. The minimum absolute atomic E-state index is 0.0317. The molecule has 1 aliphatic carbocycles. The first kappa shape index (κ1) is 40.3. The van der Waals surface area contributed by atoms with Crippen LogP contribution in [0.1, 0.15) is 52.0 Å². The van der Waals surface area contributed by atoms with Crippen molar-refractivity contribution in [1.82, 2.24) is 0 Å². The van der Waals surface area contributed by atoms with Crippen molar-refractivity contribution < 1.29 is 0 Å². The van der Waals surface area contributed by atoms with E-state index < -0.39 is 0 Å². The van der Waals surface area contributed by atoms with Crippen molar-refractivity contribution in [3.05, 3.63) is 218 Å². The van der Waals surface area contributed by atoms with Gasteiger partial charge in [0.15, 0.2) is 0 Å². The third kappa shape index (κ3) is 5.77. The van der Waals surface area contributed by atoms with Crippen molar-refractivity contribution in [2.24, 2.45) is 5.92 Å². The van der Waals surface area contributed by atoms with Crippen molar-refractivity contribution >= 4 is 76.0 Å². The van der Waals surface area contributed by atoms with E-state index in [-0.39, 0.29) is 11.0 Å². The van der Waals surface area contributed by atoms with E-state index in [0.29, 0.717) is 5.92 Å². The van der Waals surface area contributed by atoms with E-state index in [0.717, 1.165) is 0 Å². The molecule has 69 heavy (non-hydrogen) atoms. The van der Waals surface area contributed by atoms with E-state index in [1.165, 1.54) is 152 Å². The minimum Gasteiger partial charge on any atom is -0.334 e. The highest BCUT2D eigenvalue weighted by Gasteiger charge is 2.59. The normalized spacial score (nSPS) is 19.1. The van der Waals surface area contributed by atoms with Gasteiger partial charge in [-0.05, 0) is 183 Å². The van der Waals surface area contributed by atoms with Gasteiger partial charge in [-0.3, -0.25) is 0 Å². The Kier molecular flexibility index (Phi) is 8.85. The lowest BCUT2D eigenvalue weighted by Gasteiger charge is -2.52. The molecule has 3 unspecified atom stereocenters. The van der Waals surface area contributed by atoms with Crippen molar-refractivity contribution in [2.75, 3.05) is 4.90 Å². The van der Waals surface area contributed by atoms with Crippen LogP contribution in [-0.4, -0.2) is 5.54 Å². The number of fused-ring (bicyclic) bond motifs is 6. The smallest absolute Gasteiger partial charge is 0.0518 e. The summed E-state index contributed by atoms with van der Waals surface area (Å²) in [6.07, 6.45) is 4.84. The Bertz CT molecular complexity index is 3920. The highest BCUT2D eigenvalue weighted by Crippen LogP contribution is 2.63. The zero-order valence-electron chi connectivity index (χ0n) is 39.6. The zero-order chi connectivity index (χ0) is 46.0. The lowest BCUT2D eigenvalue weighted by atomic mass is 9.58. The molecule has 3 atom stereocenters. The Balaban J connectivity index is 1.12. The van der Waals surface area contributed by atoms with E-state index >= 15 is 0 Å². The number of nitrogens with zero attached hydrogens (tertiary/aromatic N) is 1. The van der Waals surface area contributed by atoms with E-state index in [1.54, 1.807) is 0 Å². The molecule has 330 valence electrons. The molecule has 1 aliphatic heterocycles. The van der Waals surface area contributed by atoms with E-state index in [4.69, 9.17) is 0 Å². The fraction of sp³-hybridized carbons (Fsp3) is 0.147. The zero-order valence-corrected chi connectivity index (χ0v) is 39.6. The number of anilines is 2. The summed E-state index contributed by atoms with van der Waals surface area (Å²) < 4.78 is 0. The molecule has 12 aromatic carbocycles. The first-order valence-corrected chi connectivity index (χ1v) is 25.1. The highest BCUT2D eigenvalue weighted by atomic mass is 15.3. The fourth-order valence-electron chi connectivity index (χ4n) is 13.7. The van der Waals surface area contributed by atoms with Crippen LogP contribution in [0.5, 0.6) is 0 Å². The summed E-state index contributed by atoms with van der Waals surface area (Å²) in [6, 6.07) is 80.7. The molecule has 0 spiro atoms. The SMILES string of the molecule is CCC1CCC2(C)N(c3ccccc3)c3ccc(-c4cc(-c5cccc6ccccc56)c5ccc6c(-c7cccc8ccccc78)cc(-c7cccc8ccccc78)c7ccc4c5c76)cc3C2(C)C1. The largest absolute Gasteiger partial charge is 0.334 e. The molecule has 0 saturated heterocycles. The number of benzene rings is 12. The van der Waals surface area contributed by atoms with Gasteiger partial charge in [0.2, 0.25) is 0 Å². The molecular formula is C68H53N. The maximum atomic E-state index is 2.72. The van der Waals surface area contributed by atoms with Gasteiger partial charge >= 0.3 is 0 Å². The third-order valence-corrected chi connectivity index (χ3v) is 17.3. The first-order chi connectivity index (χ1) is 33.9. The maximum absolute atomic E-state index is 2.72. The Hall–Kier alpha value is -7.74. The van der Waals surface area contributed by atoms with Crippen LogP contribution in [0.2, 0.25) is 0 Å². The quantitative estimate of drug-likeness (QED) is 0.150. The van der Waals surface area contributed by atoms with Crippen LogP contribution in [0, 0.1) is 5.92 Å². The number of hydrogen-bond donors (Lipinski definition) is 0. The Morgan fingerprint density at radius 3 is 1.38 bits per heavy atom. The van der Waals surface area contributed by atoms with Crippen LogP contribution >= 0.6 is 0 Å². The summed E-state index contributed by atoms with van der Waals surface area (Å²) in [4.78, 5) is 2.72. The summed E-state index contributed by atoms with van der Waals surface area (Å²) in [5, 5.41) is 15.4. The highest BCUT2D eigenvalue weighted by molar-refractivity contribution is 6.33. The number of rotatable bonds is 6. The van der Waals surface area contributed by atoms with Crippen molar-refractivity contribution in [3.63, 3.8) is 0 Å². The van der Waals surface area contributed by atoms with E-state index in [9.17, 15) is 0 Å². The predicted molar refractivity (Wildman–Crippen MR) is 296 cm³/mol.